The van der Waals surface area contributed by atoms with Crippen LogP contribution in [0.4, 0.5) is 5.69 Å². The van der Waals surface area contributed by atoms with Gasteiger partial charge in [-0.05, 0) is 56.2 Å². The predicted molar refractivity (Wildman–Crippen MR) is 108 cm³/mol. The monoisotopic (exact) mass is 414 g/mol. The van der Waals surface area contributed by atoms with Gasteiger partial charge >= 0.3 is 0 Å². The van der Waals surface area contributed by atoms with E-state index < -0.39 is 10.0 Å². The maximum atomic E-state index is 12.6. The molecule has 152 valence electrons. The number of hydrogen-bond donors (Lipinski definition) is 2. The largest absolute Gasteiger partial charge is 0.352 e. The minimum atomic E-state index is -3.73. The Kier molecular flexibility index (Phi) is 6.28. The van der Waals surface area contributed by atoms with E-state index in [1.54, 1.807) is 19.1 Å². The summed E-state index contributed by atoms with van der Waals surface area (Å²) in [5.74, 6) is 0.839. The third kappa shape index (κ3) is 5.41. The van der Waals surface area contributed by atoms with E-state index in [1.807, 2.05) is 19.1 Å². The Morgan fingerprint density at radius 2 is 1.79 bits per heavy atom. The molecule has 2 N–H and O–H groups in total. The summed E-state index contributed by atoms with van der Waals surface area (Å²) in [6.07, 6.45) is 1.23. The van der Waals surface area contributed by atoms with Crippen molar-refractivity contribution in [3.63, 3.8) is 0 Å². The second-order valence-electron chi connectivity index (χ2n) is 6.54. The average Bonchev–Trinajstić information content (AvgIpc) is 3.12. The molecule has 0 spiro atoms. The molecule has 2 aromatic carbocycles. The van der Waals surface area contributed by atoms with Crippen molar-refractivity contribution < 1.29 is 17.7 Å². The Hall–Kier alpha value is -3.20. The topological polar surface area (TPSA) is 114 Å². The van der Waals surface area contributed by atoms with Gasteiger partial charge in [0.2, 0.25) is 5.89 Å². The van der Waals surface area contributed by atoms with Crippen LogP contribution in [0.25, 0.3) is 0 Å². The number of nitrogens with zero attached hydrogens (tertiary/aromatic N) is 2. The highest BCUT2D eigenvalue weighted by Gasteiger charge is 2.16. The molecule has 0 fully saturated rings. The fourth-order valence-electron chi connectivity index (χ4n) is 2.66. The van der Waals surface area contributed by atoms with Crippen LogP contribution in [0.15, 0.2) is 57.9 Å². The van der Waals surface area contributed by atoms with Crippen molar-refractivity contribution >= 4 is 21.6 Å². The van der Waals surface area contributed by atoms with E-state index in [2.05, 4.69) is 20.2 Å². The summed E-state index contributed by atoms with van der Waals surface area (Å²) in [6.45, 7) is 4.01. The molecule has 0 bridgehead atoms. The molecular weight excluding hydrogens is 392 g/mol. The van der Waals surface area contributed by atoms with E-state index in [9.17, 15) is 13.2 Å². The molecule has 0 radical (unpaired) electrons. The number of rotatable bonds is 8. The molecule has 0 atom stereocenters. The van der Waals surface area contributed by atoms with Gasteiger partial charge in [-0.1, -0.05) is 23.4 Å². The van der Waals surface area contributed by atoms with Gasteiger partial charge in [-0.2, -0.15) is 4.98 Å². The van der Waals surface area contributed by atoms with E-state index in [1.165, 1.54) is 24.3 Å². The third-order valence-corrected chi connectivity index (χ3v) is 5.62. The second-order valence-corrected chi connectivity index (χ2v) is 8.22. The molecule has 1 aromatic heterocycles. The fraction of sp³-hybridized carbons (Fsp3) is 0.250. The highest BCUT2D eigenvalue weighted by molar-refractivity contribution is 7.92. The number of nitrogens with one attached hydrogen (secondary N) is 2. The molecule has 0 saturated carbocycles. The molecule has 8 nitrogen and oxygen atoms in total. The summed E-state index contributed by atoms with van der Waals surface area (Å²) in [4.78, 5) is 16.4. The Balaban J connectivity index is 1.56. The standard InChI is InChI=1S/C20H22N4O4S/c1-14-6-3-4-7-18(14)24-29(26,27)17-11-9-16(10-12-17)20(25)21-13-5-8-19-22-15(2)23-28-19/h3-4,6-7,9-12,24H,5,8,13H2,1-2H3,(H,21,25). The molecule has 29 heavy (non-hydrogen) atoms. The number of amides is 1. The summed E-state index contributed by atoms with van der Waals surface area (Å²) in [5.41, 5.74) is 1.72. The van der Waals surface area contributed by atoms with Crippen molar-refractivity contribution in [2.75, 3.05) is 11.3 Å². The van der Waals surface area contributed by atoms with E-state index in [-0.39, 0.29) is 10.8 Å². The minimum absolute atomic E-state index is 0.0871. The van der Waals surface area contributed by atoms with Crippen LogP contribution in [0.3, 0.4) is 0 Å². The number of carbonyl (C=O) groups is 1. The first-order valence-electron chi connectivity index (χ1n) is 9.11. The van der Waals surface area contributed by atoms with Crippen LogP contribution >= 0.6 is 0 Å². The summed E-state index contributed by atoms with van der Waals surface area (Å²) >= 11 is 0. The number of para-hydroxylation sites is 1. The van der Waals surface area contributed by atoms with Gasteiger partial charge in [0.15, 0.2) is 5.82 Å². The van der Waals surface area contributed by atoms with E-state index in [0.717, 1.165) is 5.56 Å². The number of carbonyl (C=O) groups excluding carboxylic acids is 1. The summed E-state index contributed by atoms with van der Waals surface area (Å²) in [5, 5.41) is 6.50. The fourth-order valence-corrected chi connectivity index (χ4v) is 3.79. The quantitative estimate of drug-likeness (QED) is 0.548. The van der Waals surface area contributed by atoms with Crippen molar-refractivity contribution in [2.24, 2.45) is 0 Å². The van der Waals surface area contributed by atoms with Gasteiger partial charge in [0, 0.05) is 18.5 Å². The van der Waals surface area contributed by atoms with Crippen LogP contribution in [-0.4, -0.2) is 31.0 Å². The van der Waals surface area contributed by atoms with E-state index in [0.29, 0.717) is 42.4 Å². The number of aryl methyl sites for hydroxylation is 3. The number of sulfonamides is 1. The number of aromatic nitrogens is 2. The highest BCUT2D eigenvalue weighted by atomic mass is 32.2. The van der Waals surface area contributed by atoms with E-state index in [4.69, 9.17) is 4.52 Å². The average molecular weight is 414 g/mol. The van der Waals surface area contributed by atoms with Gasteiger partial charge in [0.1, 0.15) is 0 Å². The second kappa shape index (κ2) is 8.87. The van der Waals surface area contributed by atoms with Crippen molar-refractivity contribution in [3.05, 3.63) is 71.4 Å². The van der Waals surface area contributed by atoms with E-state index >= 15 is 0 Å². The Labute approximate surface area is 169 Å². The van der Waals surface area contributed by atoms with Crippen LogP contribution in [0.2, 0.25) is 0 Å². The molecule has 0 aliphatic heterocycles. The zero-order valence-electron chi connectivity index (χ0n) is 16.2. The van der Waals surface area contributed by atoms with Crippen molar-refractivity contribution in [1.82, 2.24) is 15.5 Å². The van der Waals surface area contributed by atoms with Crippen LogP contribution in [-0.2, 0) is 16.4 Å². The minimum Gasteiger partial charge on any atom is -0.352 e. The maximum Gasteiger partial charge on any atom is 0.261 e. The maximum absolute atomic E-state index is 12.6. The summed E-state index contributed by atoms with van der Waals surface area (Å²) in [7, 11) is -3.73. The molecule has 0 saturated heterocycles. The molecule has 9 heteroatoms. The molecule has 1 heterocycles. The lowest BCUT2D eigenvalue weighted by atomic mass is 10.2. The molecule has 3 aromatic rings. The smallest absolute Gasteiger partial charge is 0.261 e. The van der Waals surface area contributed by atoms with Crippen molar-refractivity contribution in [2.45, 2.75) is 31.6 Å². The normalized spacial score (nSPS) is 11.2. The molecule has 0 aliphatic rings. The molecule has 0 aliphatic carbocycles. The lowest BCUT2D eigenvalue weighted by Crippen LogP contribution is -2.25. The zero-order chi connectivity index (χ0) is 20.9. The first-order chi connectivity index (χ1) is 13.8. The summed E-state index contributed by atoms with van der Waals surface area (Å²) < 4.78 is 32.7. The van der Waals surface area contributed by atoms with Gasteiger partial charge in [-0.3, -0.25) is 9.52 Å². The predicted octanol–water partition coefficient (Wildman–Crippen LogP) is 2.85. The number of benzene rings is 2. The first-order valence-corrected chi connectivity index (χ1v) is 10.6. The number of hydrogen-bond acceptors (Lipinski definition) is 6. The lowest BCUT2D eigenvalue weighted by molar-refractivity contribution is 0.0953. The van der Waals surface area contributed by atoms with Gasteiger partial charge in [-0.15, -0.1) is 0 Å². The molecule has 1 amide bonds. The van der Waals surface area contributed by atoms with Crippen LogP contribution < -0.4 is 10.0 Å². The van der Waals surface area contributed by atoms with Crippen molar-refractivity contribution in [3.8, 4) is 0 Å². The SMILES string of the molecule is Cc1noc(CCCNC(=O)c2ccc(S(=O)(=O)Nc3ccccc3C)cc2)n1. The van der Waals surface area contributed by atoms with Gasteiger partial charge in [0.25, 0.3) is 15.9 Å². The molecular formula is C20H22N4O4S. The lowest BCUT2D eigenvalue weighted by Gasteiger charge is -2.11. The van der Waals surface area contributed by atoms with Gasteiger partial charge in [-0.25, -0.2) is 8.42 Å². The number of anilines is 1. The Morgan fingerprint density at radius 3 is 2.45 bits per heavy atom. The Bertz CT molecular complexity index is 1090. The Morgan fingerprint density at radius 1 is 1.07 bits per heavy atom. The molecule has 3 rings (SSSR count). The summed E-state index contributed by atoms with van der Waals surface area (Å²) in [6, 6.07) is 12.9. The first kappa shape index (κ1) is 20.5. The molecule has 0 unspecified atom stereocenters. The van der Waals surface area contributed by atoms with Crippen LogP contribution in [0.5, 0.6) is 0 Å². The van der Waals surface area contributed by atoms with Crippen LogP contribution in [0.1, 0.15) is 34.1 Å². The highest BCUT2D eigenvalue weighted by Crippen LogP contribution is 2.19. The third-order valence-electron chi connectivity index (χ3n) is 4.24. The van der Waals surface area contributed by atoms with Crippen LogP contribution in [0, 0.1) is 13.8 Å². The van der Waals surface area contributed by atoms with Gasteiger partial charge in [0.05, 0.1) is 10.6 Å². The van der Waals surface area contributed by atoms with Gasteiger partial charge < -0.3 is 9.84 Å². The zero-order valence-corrected chi connectivity index (χ0v) is 17.0. The van der Waals surface area contributed by atoms with Crippen molar-refractivity contribution in [1.29, 1.82) is 0 Å².